The van der Waals surface area contributed by atoms with E-state index in [9.17, 15) is 4.79 Å². The number of unbranched alkanes of at least 4 members (excludes halogenated alkanes) is 1. The fraction of sp³-hybridized carbons (Fsp3) is 0.500. The summed E-state index contributed by atoms with van der Waals surface area (Å²) in [4.78, 5) is 11.4. The molecule has 0 aliphatic carbocycles. The zero-order valence-corrected chi connectivity index (χ0v) is 10.2. The van der Waals surface area contributed by atoms with Crippen LogP contribution in [0, 0.1) is 0 Å². The maximum Gasteiger partial charge on any atom is 0.220 e. The number of rotatable bonds is 6. The molecular formula is C14H21NO. The Hall–Kier alpha value is -1.31. The van der Waals surface area contributed by atoms with Gasteiger partial charge in [-0.25, -0.2) is 0 Å². The van der Waals surface area contributed by atoms with Crippen LogP contribution in [0.1, 0.15) is 44.1 Å². The lowest BCUT2D eigenvalue weighted by atomic mass is 9.90. The highest BCUT2D eigenvalue weighted by molar-refractivity contribution is 5.76. The Morgan fingerprint density at radius 2 is 2.00 bits per heavy atom. The van der Waals surface area contributed by atoms with Gasteiger partial charge in [0.05, 0.1) is 0 Å². The molecule has 0 unspecified atom stereocenters. The van der Waals surface area contributed by atoms with Gasteiger partial charge in [-0.2, -0.15) is 0 Å². The molecule has 1 aromatic carbocycles. The zero-order valence-electron chi connectivity index (χ0n) is 10.2. The molecular weight excluding hydrogens is 198 g/mol. The van der Waals surface area contributed by atoms with Crippen molar-refractivity contribution >= 4 is 5.91 Å². The minimum atomic E-state index is 0.130. The van der Waals surface area contributed by atoms with Gasteiger partial charge in [0.2, 0.25) is 5.91 Å². The lowest BCUT2D eigenvalue weighted by Crippen LogP contribution is -2.20. The van der Waals surface area contributed by atoms with Gasteiger partial charge in [0.15, 0.2) is 0 Å². The van der Waals surface area contributed by atoms with Crippen molar-refractivity contribution in [2.75, 3.05) is 7.05 Å². The number of hydrogen-bond acceptors (Lipinski definition) is 1. The van der Waals surface area contributed by atoms with Crippen LogP contribution in [0.4, 0.5) is 0 Å². The van der Waals surface area contributed by atoms with Gasteiger partial charge in [-0.15, -0.1) is 0 Å². The Bertz CT molecular complexity index is 308. The number of benzene rings is 1. The Morgan fingerprint density at radius 1 is 1.31 bits per heavy atom. The number of carbonyl (C=O) groups excluding carboxylic acids is 1. The molecule has 88 valence electrons. The highest BCUT2D eigenvalue weighted by atomic mass is 16.1. The molecule has 0 aromatic heterocycles. The average Bonchev–Trinajstić information content (AvgIpc) is 2.35. The van der Waals surface area contributed by atoms with Gasteiger partial charge in [0, 0.05) is 13.5 Å². The van der Waals surface area contributed by atoms with Crippen LogP contribution in [0.25, 0.3) is 0 Å². The van der Waals surface area contributed by atoms with Crippen LogP contribution in [0.2, 0.25) is 0 Å². The molecule has 0 fully saturated rings. The number of amides is 1. The molecule has 0 heterocycles. The maximum atomic E-state index is 11.4. The summed E-state index contributed by atoms with van der Waals surface area (Å²) in [6.45, 7) is 2.18. The molecule has 2 nitrogen and oxygen atoms in total. The van der Waals surface area contributed by atoms with E-state index in [1.54, 1.807) is 7.05 Å². The Balaban J connectivity index is 2.67. The Morgan fingerprint density at radius 3 is 2.56 bits per heavy atom. The van der Waals surface area contributed by atoms with E-state index in [1.165, 1.54) is 18.4 Å². The second-order valence-corrected chi connectivity index (χ2v) is 4.13. The predicted molar refractivity (Wildman–Crippen MR) is 67.4 cm³/mol. The van der Waals surface area contributed by atoms with E-state index < -0.39 is 0 Å². The molecule has 1 N–H and O–H groups in total. The van der Waals surface area contributed by atoms with E-state index >= 15 is 0 Å². The van der Waals surface area contributed by atoms with Crippen molar-refractivity contribution in [3.63, 3.8) is 0 Å². The summed E-state index contributed by atoms with van der Waals surface area (Å²) >= 11 is 0. The standard InChI is InChI=1S/C14H21NO/c1-3-4-8-13(11-14(16)15-2)12-9-6-5-7-10-12/h5-7,9-10,13H,3-4,8,11H2,1-2H3,(H,15,16)/t13-/m1/s1. The fourth-order valence-corrected chi connectivity index (χ4v) is 1.89. The molecule has 1 aromatic rings. The van der Waals surface area contributed by atoms with Crippen molar-refractivity contribution in [1.29, 1.82) is 0 Å². The quantitative estimate of drug-likeness (QED) is 0.782. The van der Waals surface area contributed by atoms with Crippen LogP contribution in [-0.4, -0.2) is 13.0 Å². The van der Waals surface area contributed by atoms with Crippen molar-refractivity contribution < 1.29 is 4.79 Å². The number of carbonyl (C=O) groups is 1. The van der Waals surface area contributed by atoms with Gasteiger partial charge >= 0.3 is 0 Å². The first-order valence-electron chi connectivity index (χ1n) is 6.03. The van der Waals surface area contributed by atoms with Crippen molar-refractivity contribution in [2.45, 2.75) is 38.5 Å². The van der Waals surface area contributed by atoms with Crippen molar-refractivity contribution in [3.05, 3.63) is 35.9 Å². The fourth-order valence-electron chi connectivity index (χ4n) is 1.89. The largest absolute Gasteiger partial charge is 0.359 e. The van der Waals surface area contributed by atoms with Crippen LogP contribution in [0.3, 0.4) is 0 Å². The molecule has 1 atom stereocenters. The lowest BCUT2D eigenvalue weighted by Gasteiger charge is -2.16. The maximum absolute atomic E-state index is 11.4. The lowest BCUT2D eigenvalue weighted by molar-refractivity contribution is -0.121. The van der Waals surface area contributed by atoms with Crippen LogP contribution in [0.15, 0.2) is 30.3 Å². The van der Waals surface area contributed by atoms with Gasteiger partial charge in [0.25, 0.3) is 0 Å². The van der Waals surface area contributed by atoms with Crippen LogP contribution in [0.5, 0.6) is 0 Å². The van der Waals surface area contributed by atoms with Crippen LogP contribution in [-0.2, 0) is 4.79 Å². The first kappa shape index (κ1) is 12.8. The molecule has 0 saturated heterocycles. The highest BCUT2D eigenvalue weighted by Crippen LogP contribution is 2.25. The highest BCUT2D eigenvalue weighted by Gasteiger charge is 2.14. The summed E-state index contributed by atoms with van der Waals surface area (Å²) in [6.07, 6.45) is 4.04. The van der Waals surface area contributed by atoms with E-state index in [4.69, 9.17) is 0 Å². The topological polar surface area (TPSA) is 29.1 Å². The molecule has 0 aliphatic rings. The van der Waals surface area contributed by atoms with Gasteiger partial charge in [-0.05, 0) is 17.9 Å². The van der Waals surface area contributed by atoms with E-state index in [0.717, 1.165) is 6.42 Å². The summed E-state index contributed by atoms with van der Waals surface area (Å²) in [5, 5.41) is 2.70. The summed E-state index contributed by atoms with van der Waals surface area (Å²) in [5.74, 6) is 0.492. The van der Waals surface area contributed by atoms with Gasteiger partial charge in [0.1, 0.15) is 0 Å². The van der Waals surface area contributed by atoms with Crippen molar-refractivity contribution in [2.24, 2.45) is 0 Å². The van der Waals surface area contributed by atoms with E-state index in [-0.39, 0.29) is 5.91 Å². The number of hydrogen-bond donors (Lipinski definition) is 1. The molecule has 0 spiro atoms. The molecule has 0 bridgehead atoms. The third kappa shape index (κ3) is 4.05. The Labute approximate surface area is 98.1 Å². The summed E-state index contributed by atoms with van der Waals surface area (Å²) in [7, 11) is 1.70. The van der Waals surface area contributed by atoms with E-state index in [0.29, 0.717) is 12.3 Å². The smallest absolute Gasteiger partial charge is 0.220 e. The average molecular weight is 219 g/mol. The molecule has 1 amide bonds. The first-order valence-corrected chi connectivity index (χ1v) is 6.03. The second-order valence-electron chi connectivity index (χ2n) is 4.13. The van der Waals surface area contributed by atoms with Gasteiger partial charge in [-0.1, -0.05) is 50.1 Å². The SMILES string of the molecule is CCCC[C@H](CC(=O)NC)c1ccccc1. The minimum absolute atomic E-state index is 0.130. The van der Waals surface area contributed by atoms with Crippen molar-refractivity contribution in [3.8, 4) is 0 Å². The van der Waals surface area contributed by atoms with E-state index in [2.05, 4.69) is 24.4 Å². The monoisotopic (exact) mass is 219 g/mol. The molecule has 0 saturated carbocycles. The van der Waals surface area contributed by atoms with Crippen LogP contribution >= 0.6 is 0 Å². The first-order chi connectivity index (χ1) is 7.77. The van der Waals surface area contributed by atoms with Gasteiger partial charge < -0.3 is 5.32 Å². The summed E-state index contributed by atoms with van der Waals surface area (Å²) in [6, 6.07) is 10.3. The molecule has 16 heavy (non-hydrogen) atoms. The molecule has 0 radical (unpaired) electrons. The predicted octanol–water partition coefficient (Wildman–Crippen LogP) is 3.10. The second kappa shape index (κ2) is 7.04. The van der Waals surface area contributed by atoms with Gasteiger partial charge in [-0.3, -0.25) is 4.79 Å². The molecule has 0 aliphatic heterocycles. The van der Waals surface area contributed by atoms with Crippen LogP contribution < -0.4 is 5.32 Å². The van der Waals surface area contributed by atoms with Crippen molar-refractivity contribution in [1.82, 2.24) is 5.32 Å². The minimum Gasteiger partial charge on any atom is -0.359 e. The molecule has 1 rings (SSSR count). The molecule has 2 heteroatoms. The summed E-state index contributed by atoms with van der Waals surface area (Å²) < 4.78 is 0. The Kier molecular flexibility index (Phi) is 5.62. The third-order valence-electron chi connectivity index (χ3n) is 2.89. The third-order valence-corrected chi connectivity index (χ3v) is 2.89. The zero-order chi connectivity index (χ0) is 11.8. The number of nitrogens with one attached hydrogen (secondary N) is 1. The van der Waals surface area contributed by atoms with E-state index in [1.807, 2.05) is 18.2 Å². The summed E-state index contributed by atoms with van der Waals surface area (Å²) in [5.41, 5.74) is 1.28. The normalized spacial score (nSPS) is 12.1.